The Morgan fingerprint density at radius 1 is 1.58 bits per heavy atom. The van der Waals surface area contributed by atoms with Gasteiger partial charge >= 0.3 is 0 Å². The van der Waals surface area contributed by atoms with Gasteiger partial charge in [-0.3, -0.25) is 4.68 Å². The van der Waals surface area contributed by atoms with E-state index in [1.165, 1.54) is 6.39 Å². The SMILES string of the molecule is Cc1ccn(Cc2ncon2)n1. The molecule has 5 heteroatoms. The van der Waals surface area contributed by atoms with Crippen molar-refractivity contribution < 1.29 is 4.52 Å². The lowest BCUT2D eigenvalue weighted by molar-refractivity contribution is 0.406. The molecule has 0 spiro atoms. The van der Waals surface area contributed by atoms with Gasteiger partial charge in [0.1, 0.15) is 6.54 Å². The Morgan fingerprint density at radius 2 is 2.50 bits per heavy atom. The molecule has 0 aliphatic heterocycles. The van der Waals surface area contributed by atoms with E-state index in [9.17, 15) is 0 Å². The topological polar surface area (TPSA) is 56.7 Å². The molecule has 5 nitrogen and oxygen atoms in total. The van der Waals surface area contributed by atoms with Crippen LogP contribution in [0.3, 0.4) is 0 Å². The molecule has 12 heavy (non-hydrogen) atoms. The molecule has 0 radical (unpaired) electrons. The second-order valence-corrected chi connectivity index (χ2v) is 2.50. The summed E-state index contributed by atoms with van der Waals surface area (Å²) in [7, 11) is 0. The maximum absolute atomic E-state index is 4.59. The molecule has 2 rings (SSSR count). The van der Waals surface area contributed by atoms with Crippen LogP contribution in [-0.2, 0) is 6.54 Å². The summed E-state index contributed by atoms with van der Waals surface area (Å²) in [4.78, 5) is 3.88. The van der Waals surface area contributed by atoms with Gasteiger partial charge < -0.3 is 4.52 Å². The van der Waals surface area contributed by atoms with Gasteiger partial charge in [0.25, 0.3) is 0 Å². The maximum Gasteiger partial charge on any atom is 0.213 e. The molecule has 0 unspecified atom stereocenters. The molecular formula is C7H8N4O. The number of hydrogen-bond acceptors (Lipinski definition) is 4. The summed E-state index contributed by atoms with van der Waals surface area (Å²) in [5, 5.41) is 7.85. The second-order valence-electron chi connectivity index (χ2n) is 2.50. The summed E-state index contributed by atoms with van der Waals surface area (Å²) < 4.78 is 6.36. The standard InChI is InChI=1S/C7H8N4O/c1-6-2-3-11(9-6)4-7-8-5-12-10-7/h2-3,5H,4H2,1H3. The average molecular weight is 164 g/mol. The van der Waals surface area contributed by atoms with Gasteiger partial charge in [0.05, 0.1) is 5.69 Å². The quantitative estimate of drug-likeness (QED) is 0.653. The molecule has 0 saturated heterocycles. The van der Waals surface area contributed by atoms with Crippen molar-refractivity contribution in [3.63, 3.8) is 0 Å². The molecule has 0 saturated carbocycles. The lowest BCUT2D eigenvalue weighted by Crippen LogP contribution is -2.01. The van der Waals surface area contributed by atoms with Crippen LogP contribution in [0.4, 0.5) is 0 Å². The monoisotopic (exact) mass is 164 g/mol. The minimum Gasteiger partial charge on any atom is -0.343 e. The van der Waals surface area contributed by atoms with Gasteiger partial charge in [0, 0.05) is 6.20 Å². The first-order valence-electron chi connectivity index (χ1n) is 3.60. The largest absolute Gasteiger partial charge is 0.343 e. The van der Waals surface area contributed by atoms with Gasteiger partial charge in [0.15, 0.2) is 5.82 Å². The van der Waals surface area contributed by atoms with Gasteiger partial charge in [-0.25, -0.2) is 0 Å². The van der Waals surface area contributed by atoms with Crippen LogP contribution in [-0.4, -0.2) is 19.9 Å². The summed E-state index contributed by atoms with van der Waals surface area (Å²) in [6.45, 7) is 2.50. The molecular weight excluding hydrogens is 156 g/mol. The minimum atomic E-state index is 0.560. The van der Waals surface area contributed by atoms with Crippen molar-refractivity contribution in [1.82, 2.24) is 19.9 Å². The Hall–Kier alpha value is -1.65. The Labute approximate surface area is 69.0 Å². The molecule has 0 aliphatic carbocycles. The smallest absolute Gasteiger partial charge is 0.213 e. The fourth-order valence-electron chi connectivity index (χ4n) is 0.958. The van der Waals surface area contributed by atoms with E-state index in [1.54, 1.807) is 4.68 Å². The molecule has 0 aromatic carbocycles. The van der Waals surface area contributed by atoms with Crippen molar-refractivity contribution in [3.05, 3.63) is 30.2 Å². The van der Waals surface area contributed by atoms with Crippen molar-refractivity contribution >= 4 is 0 Å². The van der Waals surface area contributed by atoms with E-state index in [0.29, 0.717) is 12.4 Å². The number of rotatable bonds is 2. The fraction of sp³-hybridized carbons (Fsp3) is 0.286. The van der Waals surface area contributed by atoms with Crippen molar-refractivity contribution in [2.24, 2.45) is 0 Å². The van der Waals surface area contributed by atoms with Crippen molar-refractivity contribution in [3.8, 4) is 0 Å². The van der Waals surface area contributed by atoms with E-state index >= 15 is 0 Å². The molecule has 2 aromatic heterocycles. The average Bonchev–Trinajstić information content (AvgIpc) is 2.63. The van der Waals surface area contributed by atoms with Crippen molar-refractivity contribution in [2.75, 3.05) is 0 Å². The summed E-state index contributed by atoms with van der Waals surface area (Å²) in [6, 6.07) is 1.93. The summed E-state index contributed by atoms with van der Waals surface area (Å²) in [5.41, 5.74) is 0.985. The molecule has 0 atom stereocenters. The first-order chi connectivity index (χ1) is 5.84. The molecule has 62 valence electrons. The van der Waals surface area contributed by atoms with Crippen LogP contribution in [0.1, 0.15) is 11.5 Å². The summed E-state index contributed by atoms with van der Waals surface area (Å²) in [6.07, 6.45) is 3.19. The summed E-state index contributed by atoms with van der Waals surface area (Å²) >= 11 is 0. The van der Waals surface area contributed by atoms with E-state index in [-0.39, 0.29) is 0 Å². The normalized spacial score (nSPS) is 10.4. The van der Waals surface area contributed by atoms with Gasteiger partial charge in [-0.2, -0.15) is 10.1 Å². The third-order valence-electron chi connectivity index (χ3n) is 1.48. The van der Waals surface area contributed by atoms with E-state index in [2.05, 4.69) is 19.8 Å². The highest BCUT2D eigenvalue weighted by Gasteiger charge is 1.99. The van der Waals surface area contributed by atoms with Crippen LogP contribution in [0, 0.1) is 6.92 Å². The third kappa shape index (κ3) is 1.34. The lowest BCUT2D eigenvalue weighted by Gasteiger charge is -1.93. The van der Waals surface area contributed by atoms with Crippen LogP contribution in [0.25, 0.3) is 0 Å². The third-order valence-corrected chi connectivity index (χ3v) is 1.48. The van der Waals surface area contributed by atoms with Crippen LogP contribution >= 0.6 is 0 Å². The van der Waals surface area contributed by atoms with Gasteiger partial charge in [-0.05, 0) is 13.0 Å². The molecule has 0 aliphatic rings. The van der Waals surface area contributed by atoms with E-state index in [1.807, 2.05) is 19.2 Å². The Balaban J connectivity index is 2.14. The summed E-state index contributed by atoms with van der Waals surface area (Å²) in [5.74, 6) is 0.637. The molecule has 0 N–H and O–H groups in total. The Bertz CT molecular complexity index is 351. The predicted octanol–water partition coefficient (Wildman–Crippen LogP) is 0.623. The van der Waals surface area contributed by atoms with Crippen LogP contribution in [0.15, 0.2) is 23.2 Å². The minimum absolute atomic E-state index is 0.560. The van der Waals surface area contributed by atoms with Gasteiger partial charge in [0.2, 0.25) is 6.39 Å². The highest BCUT2D eigenvalue weighted by Crippen LogP contribution is 1.96. The molecule has 0 fully saturated rings. The zero-order valence-corrected chi connectivity index (χ0v) is 6.64. The van der Waals surface area contributed by atoms with Gasteiger partial charge in [-0.1, -0.05) is 5.16 Å². The number of aromatic nitrogens is 4. The van der Waals surface area contributed by atoms with Crippen molar-refractivity contribution in [1.29, 1.82) is 0 Å². The maximum atomic E-state index is 4.59. The predicted molar refractivity (Wildman–Crippen MR) is 40.4 cm³/mol. The second kappa shape index (κ2) is 2.77. The van der Waals surface area contributed by atoms with E-state index < -0.39 is 0 Å². The zero-order valence-electron chi connectivity index (χ0n) is 6.64. The molecule has 0 bridgehead atoms. The van der Waals surface area contributed by atoms with Crippen LogP contribution < -0.4 is 0 Å². The number of nitrogens with zero attached hydrogens (tertiary/aromatic N) is 4. The van der Waals surface area contributed by atoms with Crippen LogP contribution in [0.5, 0.6) is 0 Å². The molecule has 2 heterocycles. The zero-order chi connectivity index (χ0) is 8.39. The van der Waals surface area contributed by atoms with E-state index in [4.69, 9.17) is 0 Å². The van der Waals surface area contributed by atoms with Crippen LogP contribution in [0.2, 0.25) is 0 Å². The Kier molecular flexibility index (Phi) is 1.62. The lowest BCUT2D eigenvalue weighted by atomic mass is 10.5. The molecule has 2 aromatic rings. The van der Waals surface area contributed by atoms with Crippen molar-refractivity contribution in [2.45, 2.75) is 13.5 Å². The first kappa shape index (κ1) is 7.02. The first-order valence-corrected chi connectivity index (χ1v) is 3.60. The number of hydrogen-bond donors (Lipinski definition) is 0. The highest BCUT2D eigenvalue weighted by atomic mass is 16.5. The highest BCUT2D eigenvalue weighted by molar-refractivity contribution is 4.96. The Morgan fingerprint density at radius 3 is 3.08 bits per heavy atom. The number of aryl methyl sites for hydroxylation is 1. The van der Waals surface area contributed by atoms with Gasteiger partial charge in [-0.15, -0.1) is 0 Å². The van der Waals surface area contributed by atoms with E-state index in [0.717, 1.165) is 5.69 Å². The molecule has 0 amide bonds. The fourth-order valence-corrected chi connectivity index (χ4v) is 0.958.